The molecule has 2 heteroatoms. The Morgan fingerprint density at radius 1 is 1.00 bits per heavy atom. The summed E-state index contributed by atoms with van der Waals surface area (Å²) in [5.74, 6) is 0. The molecule has 2 aromatic rings. The molecule has 0 amide bonds. The smallest absolute Gasteiger partial charge is 0.0853 e. The third kappa shape index (κ3) is 2.48. The van der Waals surface area contributed by atoms with E-state index in [0.717, 1.165) is 0 Å². The number of nitrogens with zero attached hydrogens (tertiary/aromatic N) is 1. The van der Waals surface area contributed by atoms with Gasteiger partial charge in [-0.15, -0.1) is 0 Å². The summed E-state index contributed by atoms with van der Waals surface area (Å²) < 4.78 is 0. The zero-order valence-corrected chi connectivity index (χ0v) is 11.0. The predicted molar refractivity (Wildman–Crippen MR) is 74.2 cm³/mol. The second kappa shape index (κ2) is 4.86. The summed E-state index contributed by atoms with van der Waals surface area (Å²) in [6, 6.07) is 13.2. The van der Waals surface area contributed by atoms with Gasteiger partial charge in [-0.3, -0.25) is 4.90 Å². The van der Waals surface area contributed by atoms with Gasteiger partial charge < -0.3 is 5.32 Å². The van der Waals surface area contributed by atoms with Crippen molar-refractivity contribution >= 4 is 10.8 Å². The molecular formula is C15H20N2. The Bertz CT molecular complexity index is 517. The van der Waals surface area contributed by atoms with Gasteiger partial charge in [-0.2, -0.15) is 0 Å². The third-order valence-electron chi connectivity index (χ3n) is 3.13. The van der Waals surface area contributed by atoms with Crippen molar-refractivity contribution in [3.05, 3.63) is 47.5 Å². The number of fused-ring (bicyclic) bond motifs is 1. The van der Waals surface area contributed by atoms with Crippen LogP contribution in [0.1, 0.15) is 17.3 Å². The molecule has 90 valence electrons. The number of hydrogen-bond donors (Lipinski definition) is 1. The van der Waals surface area contributed by atoms with Crippen LogP contribution >= 0.6 is 0 Å². The van der Waals surface area contributed by atoms with E-state index in [-0.39, 0.29) is 6.17 Å². The molecule has 0 aliphatic rings. The van der Waals surface area contributed by atoms with E-state index in [1.165, 1.54) is 21.9 Å². The molecule has 0 aromatic heterocycles. The highest BCUT2D eigenvalue weighted by Crippen LogP contribution is 2.22. The molecule has 17 heavy (non-hydrogen) atoms. The summed E-state index contributed by atoms with van der Waals surface area (Å²) >= 11 is 0. The first-order valence-corrected chi connectivity index (χ1v) is 5.96. The quantitative estimate of drug-likeness (QED) is 0.813. The van der Waals surface area contributed by atoms with Crippen molar-refractivity contribution in [3.8, 4) is 0 Å². The predicted octanol–water partition coefficient (Wildman–Crippen LogP) is 2.93. The van der Waals surface area contributed by atoms with Crippen LogP contribution in [0.4, 0.5) is 0 Å². The number of benzene rings is 2. The van der Waals surface area contributed by atoms with Gasteiger partial charge in [0.2, 0.25) is 0 Å². The molecule has 2 aromatic carbocycles. The normalized spacial score (nSPS) is 13.2. The van der Waals surface area contributed by atoms with E-state index in [2.05, 4.69) is 67.6 Å². The third-order valence-corrected chi connectivity index (χ3v) is 3.13. The zero-order valence-electron chi connectivity index (χ0n) is 11.0. The van der Waals surface area contributed by atoms with Crippen LogP contribution in [0.25, 0.3) is 10.8 Å². The SMILES string of the molecule is CNC(c1ccc2cc(C)ccc2c1)N(C)C. The molecule has 0 heterocycles. The highest BCUT2D eigenvalue weighted by Gasteiger charge is 2.11. The Kier molecular flexibility index (Phi) is 3.46. The second-order valence-corrected chi connectivity index (χ2v) is 4.76. The summed E-state index contributed by atoms with van der Waals surface area (Å²) in [5, 5.41) is 5.93. The maximum absolute atomic E-state index is 3.32. The minimum atomic E-state index is 0.265. The molecular weight excluding hydrogens is 208 g/mol. The van der Waals surface area contributed by atoms with E-state index in [1.807, 2.05) is 7.05 Å². The van der Waals surface area contributed by atoms with Gasteiger partial charge in [0, 0.05) is 0 Å². The molecule has 2 rings (SSSR count). The first-order chi connectivity index (χ1) is 8.11. The Balaban J connectivity index is 2.47. The van der Waals surface area contributed by atoms with Crippen molar-refractivity contribution in [1.29, 1.82) is 0 Å². The van der Waals surface area contributed by atoms with Gasteiger partial charge in [0.1, 0.15) is 0 Å². The average Bonchev–Trinajstić information content (AvgIpc) is 2.29. The lowest BCUT2D eigenvalue weighted by atomic mass is 10.0. The monoisotopic (exact) mass is 228 g/mol. The van der Waals surface area contributed by atoms with Gasteiger partial charge in [0.15, 0.2) is 0 Å². The maximum atomic E-state index is 3.32. The van der Waals surface area contributed by atoms with Gasteiger partial charge >= 0.3 is 0 Å². The molecule has 0 saturated heterocycles. The fraction of sp³-hybridized carbons (Fsp3) is 0.333. The Hall–Kier alpha value is -1.38. The Morgan fingerprint density at radius 2 is 1.65 bits per heavy atom. The van der Waals surface area contributed by atoms with Gasteiger partial charge in [-0.05, 0) is 50.5 Å². The van der Waals surface area contributed by atoms with Crippen LogP contribution in [0, 0.1) is 6.92 Å². The van der Waals surface area contributed by atoms with Crippen LogP contribution in [0.15, 0.2) is 36.4 Å². The standard InChI is InChI=1S/C15H20N2/c1-11-5-6-13-10-14(8-7-12(13)9-11)15(16-2)17(3)4/h5-10,15-16H,1-4H3. The summed E-state index contributed by atoms with van der Waals surface area (Å²) in [6.07, 6.45) is 0.265. The van der Waals surface area contributed by atoms with Crippen molar-refractivity contribution in [2.45, 2.75) is 13.1 Å². The van der Waals surface area contributed by atoms with E-state index in [1.54, 1.807) is 0 Å². The van der Waals surface area contributed by atoms with Crippen molar-refractivity contribution in [1.82, 2.24) is 10.2 Å². The molecule has 0 radical (unpaired) electrons. The van der Waals surface area contributed by atoms with E-state index >= 15 is 0 Å². The summed E-state index contributed by atoms with van der Waals surface area (Å²) in [7, 11) is 6.16. The van der Waals surface area contributed by atoms with E-state index in [9.17, 15) is 0 Å². The van der Waals surface area contributed by atoms with Crippen LogP contribution in [-0.4, -0.2) is 26.0 Å². The van der Waals surface area contributed by atoms with Gasteiger partial charge in [0.25, 0.3) is 0 Å². The summed E-state index contributed by atoms with van der Waals surface area (Å²) in [4.78, 5) is 2.18. The first-order valence-electron chi connectivity index (χ1n) is 5.96. The molecule has 0 fully saturated rings. The summed E-state index contributed by atoms with van der Waals surface area (Å²) in [6.45, 7) is 2.13. The number of hydrogen-bond acceptors (Lipinski definition) is 2. The Morgan fingerprint density at radius 3 is 2.29 bits per heavy atom. The van der Waals surface area contributed by atoms with Crippen LogP contribution in [0.3, 0.4) is 0 Å². The zero-order chi connectivity index (χ0) is 12.4. The molecule has 0 aliphatic heterocycles. The number of nitrogens with one attached hydrogen (secondary N) is 1. The van der Waals surface area contributed by atoms with Gasteiger partial charge in [-0.1, -0.05) is 35.9 Å². The largest absolute Gasteiger partial charge is 0.301 e. The minimum absolute atomic E-state index is 0.265. The molecule has 1 atom stereocenters. The fourth-order valence-electron chi connectivity index (χ4n) is 2.28. The molecule has 0 bridgehead atoms. The highest BCUT2D eigenvalue weighted by atomic mass is 15.2. The first kappa shape index (κ1) is 12.1. The Labute approximate surface area is 103 Å². The van der Waals surface area contributed by atoms with Crippen LogP contribution < -0.4 is 5.32 Å². The molecule has 0 spiro atoms. The van der Waals surface area contributed by atoms with Crippen molar-refractivity contribution in [3.63, 3.8) is 0 Å². The van der Waals surface area contributed by atoms with E-state index in [0.29, 0.717) is 0 Å². The minimum Gasteiger partial charge on any atom is -0.301 e. The van der Waals surface area contributed by atoms with Crippen LogP contribution in [0.2, 0.25) is 0 Å². The molecule has 0 saturated carbocycles. The lowest BCUT2D eigenvalue weighted by Crippen LogP contribution is -2.30. The van der Waals surface area contributed by atoms with Crippen LogP contribution in [-0.2, 0) is 0 Å². The van der Waals surface area contributed by atoms with E-state index in [4.69, 9.17) is 0 Å². The lowest BCUT2D eigenvalue weighted by molar-refractivity contribution is 0.265. The number of rotatable bonds is 3. The topological polar surface area (TPSA) is 15.3 Å². The van der Waals surface area contributed by atoms with Gasteiger partial charge in [-0.25, -0.2) is 0 Å². The van der Waals surface area contributed by atoms with Crippen LogP contribution in [0.5, 0.6) is 0 Å². The lowest BCUT2D eigenvalue weighted by Gasteiger charge is -2.24. The van der Waals surface area contributed by atoms with Crippen molar-refractivity contribution in [2.24, 2.45) is 0 Å². The average molecular weight is 228 g/mol. The van der Waals surface area contributed by atoms with Crippen molar-refractivity contribution in [2.75, 3.05) is 21.1 Å². The molecule has 0 aliphatic carbocycles. The van der Waals surface area contributed by atoms with Crippen molar-refractivity contribution < 1.29 is 0 Å². The summed E-state index contributed by atoms with van der Waals surface area (Å²) in [5.41, 5.74) is 2.61. The fourth-order valence-corrected chi connectivity index (χ4v) is 2.28. The highest BCUT2D eigenvalue weighted by molar-refractivity contribution is 5.83. The van der Waals surface area contributed by atoms with Gasteiger partial charge in [0.05, 0.1) is 6.17 Å². The molecule has 2 nitrogen and oxygen atoms in total. The maximum Gasteiger partial charge on any atom is 0.0853 e. The molecule has 1 unspecified atom stereocenters. The van der Waals surface area contributed by atoms with E-state index < -0.39 is 0 Å². The molecule has 1 N–H and O–H groups in total. The number of aryl methyl sites for hydroxylation is 1. The second-order valence-electron chi connectivity index (χ2n) is 4.76.